The first-order valence-electron chi connectivity index (χ1n) is 9.30. The van der Waals surface area contributed by atoms with Crippen molar-refractivity contribution in [2.45, 2.75) is 19.4 Å². The molecule has 1 aliphatic rings. The van der Waals surface area contributed by atoms with Crippen LogP contribution in [0.1, 0.15) is 28.9 Å². The van der Waals surface area contributed by atoms with Gasteiger partial charge in [0.2, 0.25) is 5.91 Å². The maximum atomic E-state index is 12.6. The number of hydrogen-bond acceptors (Lipinski definition) is 5. The molecule has 6 nitrogen and oxygen atoms in total. The normalized spacial score (nSPS) is 16.7. The maximum Gasteiger partial charge on any atom is 0.257 e. The van der Waals surface area contributed by atoms with Crippen molar-refractivity contribution in [2.75, 3.05) is 13.1 Å². The van der Waals surface area contributed by atoms with Gasteiger partial charge in [-0.3, -0.25) is 9.59 Å². The molecule has 1 aromatic carbocycles. The van der Waals surface area contributed by atoms with Crippen LogP contribution >= 0.6 is 11.3 Å². The van der Waals surface area contributed by atoms with E-state index in [4.69, 9.17) is 4.42 Å². The number of nitrogens with zero attached hydrogens (tertiary/aromatic N) is 2. The third kappa shape index (κ3) is 4.14. The minimum atomic E-state index is -0.197. The molecule has 0 bridgehead atoms. The van der Waals surface area contributed by atoms with E-state index < -0.39 is 0 Å². The topological polar surface area (TPSA) is 75.4 Å². The fraction of sp³-hybridized carbons (Fsp3) is 0.286. The summed E-state index contributed by atoms with van der Waals surface area (Å²) < 4.78 is 4.99. The molecule has 1 saturated heterocycles. The van der Waals surface area contributed by atoms with Crippen LogP contribution in [0.15, 0.2) is 58.7 Å². The highest BCUT2D eigenvalue weighted by molar-refractivity contribution is 7.13. The highest BCUT2D eigenvalue weighted by Gasteiger charge is 2.29. The molecule has 3 aromatic rings. The number of hydrogen-bond donors (Lipinski definition) is 1. The van der Waals surface area contributed by atoms with E-state index in [0.717, 1.165) is 29.1 Å². The molecule has 1 N–H and O–H groups in total. The summed E-state index contributed by atoms with van der Waals surface area (Å²) in [5, 5.41) is 5.89. The van der Waals surface area contributed by atoms with Gasteiger partial charge in [-0.2, -0.15) is 0 Å². The van der Waals surface area contributed by atoms with Gasteiger partial charge in [0.15, 0.2) is 0 Å². The molecule has 2 aromatic heterocycles. The third-order valence-corrected chi connectivity index (χ3v) is 5.80. The summed E-state index contributed by atoms with van der Waals surface area (Å²) in [5.74, 6) is -0.311. The summed E-state index contributed by atoms with van der Waals surface area (Å²) >= 11 is 1.57. The van der Waals surface area contributed by atoms with Crippen LogP contribution in [-0.2, 0) is 11.3 Å². The van der Waals surface area contributed by atoms with Gasteiger partial charge in [0.1, 0.15) is 11.3 Å². The number of furan rings is 1. The van der Waals surface area contributed by atoms with E-state index in [-0.39, 0.29) is 17.7 Å². The number of carbonyl (C=O) groups is 2. The Hall–Kier alpha value is -2.93. The number of thiazole rings is 1. The van der Waals surface area contributed by atoms with Crippen molar-refractivity contribution in [3.63, 3.8) is 0 Å². The van der Waals surface area contributed by atoms with Crippen LogP contribution in [0.25, 0.3) is 10.6 Å². The lowest BCUT2D eigenvalue weighted by Crippen LogP contribution is -2.45. The van der Waals surface area contributed by atoms with E-state index in [2.05, 4.69) is 10.3 Å². The van der Waals surface area contributed by atoms with Gasteiger partial charge in [-0.05, 0) is 18.9 Å². The lowest BCUT2D eigenvalue weighted by atomic mass is 9.96. The highest BCUT2D eigenvalue weighted by Crippen LogP contribution is 2.23. The molecule has 1 atom stereocenters. The van der Waals surface area contributed by atoms with Gasteiger partial charge >= 0.3 is 0 Å². The molecule has 28 heavy (non-hydrogen) atoms. The lowest BCUT2D eigenvalue weighted by Gasteiger charge is -2.31. The highest BCUT2D eigenvalue weighted by atomic mass is 32.1. The second-order valence-corrected chi connectivity index (χ2v) is 7.69. The van der Waals surface area contributed by atoms with Crippen molar-refractivity contribution in [1.82, 2.24) is 15.2 Å². The molecule has 144 valence electrons. The smallest absolute Gasteiger partial charge is 0.257 e. The Balaban J connectivity index is 1.32. The predicted molar refractivity (Wildman–Crippen MR) is 107 cm³/mol. The quantitative estimate of drug-likeness (QED) is 0.717. The van der Waals surface area contributed by atoms with E-state index in [0.29, 0.717) is 25.2 Å². The zero-order chi connectivity index (χ0) is 19.3. The largest absolute Gasteiger partial charge is 0.472 e. The summed E-state index contributed by atoms with van der Waals surface area (Å²) in [6.07, 6.45) is 4.53. The molecule has 0 saturated carbocycles. The number of nitrogens with one attached hydrogen (secondary N) is 1. The minimum absolute atomic E-state index is 0.0287. The fourth-order valence-electron chi connectivity index (χ4n) is 3.37. The second-order valence-electron chi connectivity index (χ2n) is 6.83. The Kier molecular flexibility index (Phi) is 5.53. The van der Waals surface area contributed by atoms with Crippen molar-refractivity contribution >= 4 is 23.2 Å². The average molecular weight is 395 g/mol. The van der Waals surface area contributed by atoms with Gasteiger partial charge < -0.3 is 14.6 Å². The van der Waals surface area contributed by atoms with Crippen molar-refractivity contribution < 1.29 is 14.0 Å². The molecule has 0 unspecified atom stereocenters. The average Bonchev–Trinajstić information content (AvgIpc) is 3.44. The van der Waals surface area contributed by atoms with Crippen LogP contribution in [0.2, 0.25) is 0 Å². The first-order valence-corrected chi connectivity index (χ1v) is 10.2. The second kappa shape index (κ2) is 8.39. The molecule has 3 heterocycles. The van der Waals surface area contributed by atoms with Gasteiger partial charge in [0.05, 0.1) is 30.0 Å². The van der Waals surface area contributed by atoms with Crippen LogP contribution in [0.5, 0.6) is 0 Å². The number of benzene rings is 1. The molecule has 7 heteroatoms. The van der Waals surface area contributed by atoms with Gasteiger partial charge in [0.25, 0.3) is 5.91 Å². The van der Waals surface area contributed by atoms with Crippen molar-refractivity contribution in [3.8, 4) is 10.6 Å². The zero-order valence-corrected chi connectivity index (χ0v) is 16.2. The molecule has 0 spiro atoms. The molecule has 1 aliphatic heterocycles. The molecule has 0 radical (unpaired) electrons. The summed E-state index contributed by atoms with van der Waals surface area (Å²) in [4.78, 5) is 31.4. The molecule has 2 amide bonds. The zero-order valence-electron chi connectivity index (χ0n) is 15.3. The SMILES string of the molecule is O=C(NCc1csc(-c2ccccc2)n1)[C@@H]1CCCN(C(=O)c2ccoc2)C1. The van der Waals surface area contributed by atoms with E-state index in [9.17, 15) is 9.59 Å². The van der Waals surface area contributed by atoms with Crippen molar-refractivity contribution in [1.29, 1.82) is 0 Å². The number of likely N-dealkylation sites (tertiary alicyclic amines) is 1. The van der Waals surface area contributed by atoms with Crippen LogP contribution in [0.3, 0.4) is 0 Å². The molecular weight excluding hydrogens is 374 g/mol. The Labute approximate surface area is 167 Å². The molecule has 0 aliphatic carbocycles. The van der Waals surface area contributed by atoms with E-state index in [1.807, 2.05) is 35.7 Å². The monoisotopic (exact) mass is 395 g/mol. The summed E-state index contributed by atoms with van der Waals surface area (Å²) in [7, 11) is 0. The van der Waals surface area contributed by atoms with Gasteiger partial charge in [0, 0.05) is 24.0 Å². The number of carbonyl (C=O) groups excluding carboxylic acids is 2. The summed E-state index contributed by atoms with van der Waals surface area (Å²) in [6, 6.07) is 11.6. The van der Waals surface area contributed by atoms with Crippen molar-refractivity contribution in [2.24, 2.45) is 5.92 Å². The third-order valence-electron chi connectivity index (χ3n) is 4.86. The number of amides is 2. The van der Waals surface area contributed by atoms with Gasteiger partial charge in [-0.1, -0.05) is 30.3 Å². The van der Waals surface area contributed by atoms with Gasteiger partial charge in [-0.25, -0.2) is 4.98 Å². The Morgan fingerprint density at radius 3 is 2.89 bits per heavy atom. The van der Waals surface area contributed by atoms with Crippen LogP contribution in [0.4, 0.5) is 0 Å². The fourth-order valence-corrected chi connectivity index (χ4v) is 4.19. The Morgan fingerprint density at radius 1 is 1.25 bits per heavy atom. The Bertz CT molecular complexity index is 937. The van der Waals surface area contributed by atoms with Crippen LogP contribution in [-0.4, -0.2) is 34.8 Å². The number of aromatic nitrogens is 1. The lowest BCUT2D eigenvalue weighted by molar-refractivity contribution is -0.126. The number of rotatable bonds is 5. The Morgan fingerprint density at radius 2 is 2.11 bits per heavy atom. The molecule has 4 rings (SSSR count). The van der Waals surface area contributed by atoms with E-state index in [1.165, 1.54) is 12.5 Å². The maximum absolute atomic E-state index is 12.6. The van der Waals surface area contributed by atoms with E-state index in [1.54, 1.807) is 22.3 Å². The summed E-state index contributed by atoms with van der Waals surface area (Å²) in [6.45, 7) is 1.50. The molecule has 1 fully saturated rings. The van der Waals surface area contributed by atoms with Crippen LogP contribution in [0, 0.1) is 5.92 Å². The number of piperidine rings is 1. The standard InChI is InChI=1S/C21H21N3O3S/c25-19(16-7-4-9-24(12-16)21(26)17-8-10-27-13-17)22-11-18-14-28-20(23-18)15-5-2-1-3-6-15/h1-3,5-6,8,10,13-14,16H,4,7,9,11-12H2,(H,22,25)/t16-/m1/s1. The first kappa shape index (κ1) is 18.4. The van der Waals surface area contributed by atoms with Crippen LogP contribution < -0.4 is 5.32 Å². The van der Waals surface area contributed by atoms with E-state index >= 15 is 0 Å². The van der Waals surface area contributed by atoms with Gasteiger partial charge in [-0.15, -0.1) is 11.3 Å². The van der Waals surface area contributed by atoms with Crippen molar-refractivity contribution in [3.05, 3.63) is 65.6 Å². The summed E-state index contributed by atoms with van der Waals surface area (Å²) in [5.41, 5.74) is 2.45. The first-order chi connectivity index (χ1) is 13.7. The predicted octanol–water partition coefficient (Wildman–Crippen LogP) is 3.57. The minimum Gasteiger partial charge on any atom is -0.472 e. The molecular formula is C21H21N3O3S.